The van der Waals surface area contributed by atoms with Gasteiger partial charge in [0, 0.05) is 23.6 Å². The van der Waals surface area contributed by atoms with Crippen LogP contribution in [0.4, 0.5) is 23.7 Å². The van der Waals surface area contributed by atoms with E-state index in [9.17, 15) is 22.8 Å². The maximum atomic E-state index is 12.9. The summed E-state index contributed by atoms with van der Waals surface area (Å²) >= 11 is 0. The van der Waals surface area contributed by atoms with Gasteiger partial charge >= 0.3 is 12.2 Å². The first kappa shape index (κ1) is 19.0. The minimum absolute atomic E-state index is 0.270. The van der Waals surface area contributed by atoms with Crippen molar-refractivity contribution in [1.82, 2.24) is 15.4 Å². The largest absolute Gasteiger partial charge is 0.418 e. The number of rotatable bonds is 3. The molecule has 6 nitrogen and oxygen atoms in total. The molecule has 3 N–H and O–H groups in total. The number of benzene rings is 2. The third-order valence-corrected chi connectivity index (χ3v) is 3.80. The zero-order valence-electron chi connectivity index (χ0n) is 14.3. The van der Waals surface area contributed by atoms with E-state index in [4.69, 9.17) is 0 Å². The van der Waals surface area contributed by atoms with Crippen molar-refractivity contribution in [2.24, 2.45) is 0 Å². The molecule has 0 saturated carbocycles. The molecule has 0 spiro atoms. The van der Waals surface area contributed by atoms with Crippen LogP contribution in [0.3, 0.4) is 0 Å². The monoisotopic (exact) mass is 388 g/mol. The van der Waals surface area contributed by atoms with Crippen molar-refractivity contribution in [2.75, 3.05) is 5.32 Å². The SMILES string of the molecule is O=C(NNC(=O)c1ccc(-n2cccc2)cc1)Nc1ccccc1C(F)(F)F. The Morgan fingerprint density at radius 2 is 1.46 bits per heavy atom. The first-order valence-corrected chi connectivity index (χ1v) is 8.11. The van der Waals surface area contributed by atoms with Gasteiger partial charge in [0.05, 0.1) is 11.3 Å². The number of nitrogens with zero attached hydrogens (tertiary/aromatic N) is 1. The van der Waals surface area contributed by atoms with Gasteiger partial charge in [-0.3, -0.25) is 10.2 Å². The van der Waals surface area contributed by atoms with Gasteiger partial charge in [-0.15, -0.1) is 0 Å². The Bertz CT molecular complexity index is 968. The molecule has 1 aromatic heterocycles. The Kier molecular flexibility index (Phi) is 5.35. The van der Waals surface area contributed by atoms with Crippen LogP contribution in [0.15, 0.2) is 73.1 Å². The van der Waals surface area contributed by atoms with Gasteiger partial charge in [0.1, 0.15) is 0 Å². The fourth-order valence-corrected chi connectivity index (χ4v) is 2.47. The molecule has 3 rings (SSSR count). The van der Waals surface area contributed by atoms with Gasteiger partial charge in [-0.2, -0.15) is 13.2 Å². The van der Waals surface area contributed by atoms with E-state index < -0.39 is 29.4 Å². The Hall–Kier alpha value is -3.75. The number of hydrogen-bond donors (Lipinski definition) is 3. The number of alkyl halides is 3. The molecule has 0 aliphatic carbocycles. The van der Waals surface area contributed by atoms with Crippen molar-refractivity contribution >= 4 is 17.6 Å². The Morgan fingerprint density at radius 1 is 0.821 bits per heavy atom. The number of urea groups is 1. The standard InChI is InChI=1S/C19H15F3N4O2/c20-19(21,22)15-5-1-2-6-16(15)23-18(28)25-24-17(27)13-7-9-14(10-8-13)26-11-3-4-12-26/h1-12H,(H,24,27)(H2,23,25,28). The highest BCUT2D eigenvalue weighted by Gasteiger charge is 2.33. The number of para-hydroxylation sites is 1. The number of carbonyl (C=O) groups is 2. The van der Waals surface area contributed by atoms with Gasteiger partial charge in [-0.05, 0) is 48.5 Å². The van der Waals surface area contributed by atoms with Crippen LogP contribution in [-0.4, -0.2) is 16.5 Å². The summed E-state index contributed by atoms with van der Waals surface area (Å²) in [5.41, 5.74) is 3.88. The highest BCUT2D eigenvalue weighted by molar-refractivity contribution is 5.97. The number of anilines is 1. The first-order chi connectivity index (χ1) is 13.3. The van der Waals surface area contributed by atoms with Crippen LogP contribution in [0, 0.1) is 0 Å². The molecule has 0 saturated heterocycles. The number of aromatic nitrogens is 1. The molecule has 1 heterocycles. The Labute approximate surface area is 157 Å². The lowest BCUT2D eigenvalue weighted by Gasteiger charge is -2.14. The van der Waals surface area contributed by atoms with Gasteiger partial charge in [-0.25, -0.2) is 10.2 Å². The quantitative estimate of drug-likeness (QED) is 0.594. The van der Waals surface area contributed by atoms with Gasteiger partial charge in [0.2, 0.25) is 0 Å². The fraction of sp³-hybridized carbons (Fsp3) is 0.0526. The zero-order chi connectivity index (χ0) is 20.1. The maximum absolute atomic E-state index is 12.9. The van der Waals surface area contributed by atoms with Crippen molar-refractivity contribution in [3.8, 4) is 5.69 Å². The number of hydrazine groups is 1. The number of nitrogens with one attached hydrogen (secondary N) is 3. The van der Waals surface area contributed by atoms with Gasteiger partial charge < -0.3 is 9.88 Å². The van der Waals surface area contributed by atoms with E-state index in [-0.39, 0.29) is 5.56 Å². The van der Waals surface area contributed by atoms with E-state index in [1.54, 1.807) is 24.3 Å². The molecular weight excluding hydrogens is 373 g/mol. The number of halogens is 3. The lowest BCUT2D eigenvalue weighted by molar-refractivity contribution is -0.136. The van der Waals surface area contributed by atoms with Crippen molar-refractivity contribution in [3.63, 3.8) is 0 Å². The molecule has 0 fully saturated rings. The highest BCUT2D eigenvalue weighted by Crippen LogP contribution is 2.34. The minimum Gasteiger partial charge on any atom is -0.324 e. The summed E-state index contributed by atoms with van der Waals surface area (Å²) in [6.07, 6.45) is -0.923. The highest BCUT2D eigenvalue weighted by atomic mass is 19.4. The summed E-state index contributed by atoms with van der Waals surface area (Å²) in [6.45, 7) is 0. The second kappa shape index (κ2) is 7.87. The number of carbonyl (C=O) groups excluding carboxylic acids is 2. The van der Waals surface area contributed by atoms with Gasteiger partial charge in [-0.1, -0.05) is 12.1 Å². The van der Waals surface area contributed by atoms with E-state index in [0.717, 1.165) is 17.8 Å². The predicted octanol–water partition coefficient (Wildman–Crippen LogP) is 3.96. The van der Waals surface area contributed by atoms with Gasteiger partial charge in [0.15, 0.2) is 0 Å². The van der Waals surface area contributed by atoms with Crippen molar-refractivity contribution < 1.29 is 22.8 Å². The molecule has 28 heavy (non-hydrogen) atoms. The molecule has 144 valence electrons. The summed E-state index contributed by atoms with van der Waals surface area (Å²) in [5, 5.41) is 2.06. The number of hydrogen-bond acceptors (Lipinski definition) is 2. The molecule has 9 heteroatoms. The second-order valence-electron chi connectivity index (χ2n) is 5.71. The first-order valence-electron chi connectivity index (χ1n) is 8.11. The fourth-order valence-electron chi connectivity index (χ4n) is 2.47. The third-order valence-electron chi connectivity index (χ3n) is 3.80. The van der Waals surface area contributed by atoms with E-state index in [0.29, 0.717) is 0 Å². The average molecular weight is 388 g/mol. The normalized spacial score (nSPS) is 11.0. The van der Waals surface area contributed by atoms with E-state index >= 15 is 0 Å². The van der Waals surface area contributed by atoms with Crippen LogP contribution >= 0.6 is 0 Å². The smallest absolute Gasteiger partial charge is 0.324 e. The lowest BCUT2D eigenvalue weighted by atomic mass is 10.1. The summed E-state index contributed by atoms with van der Waals surface area (Å²) in [4.78, 5) is 23.9. The van der Waals surface area contributed by atoms with E-state index in [1.807, 2.05) is 34.5 Å². The summed E-state index contributed by atoms with van der Waals surface area (Å²) < 4.78 is 40.6. The van der Waals surface area contributed by atoms with Gasteiger partial charge in [0.25, 0.3) is 5.91 Å². The minimum atomic E-state index is -4.62. The molecule has 3 aromatic rings. The Balaban J connectivity index is 1.58. The molecule has 0 radical (unpaired) electrons. The molecular formula is C19H15F3N4O2. The third kappa shape index (κ3) is 4.50. The average Bonchev–Trinajstić information content (AvgIpc) is 3.20. The van der Waals surface area contributed by atoms with Crippen molar-refractivity contribution in [1.29, 1.82) is 0 Å². The van der Waals surface area contributed by atoms with Crippen LogP contribution in [0.5, 0.6) is 0 Å². The summed E-state index contributed by atoms with van der Waals surface area (Å²) in [7, 11) is 0. The molecule has 0 aliphatic heterocycles. The maximum Gasteiger partial charge on any atom is 0.418 e. The van der Waals surface area contributed by atoms with Crippen LogP contribution < -0.4 is 16.2 Å². The van der Waals surface area contributed by atoms with Crippen LogP contribution in [-0.2, 0) is 6.18 Å². The van der Waals surface area contributed by atoms with Crippen molar-refractivity contribution in [2.45, 2.75) is 6.18 Å². The predicted molar refractivity (Wildman–Crippen MR) is 96.8 cm³/mol. The summed E-state index contributed by atoms with van der Waals surface area (Å²) in [6, 6.07) is 13.8. The molecule has 0 unspecified atom stereocenters. The van der Waals surface area contributed by atoms with Crippen LogP contribution in [0.2, 0.25) is 0 Å². The molecule has 3 amide bonds. The molecule has 0 bridgehead atoms. The molecule has 0 atom stereocenters. The van der Waals surface area contributed by atoms with E-state index in [1.165, 1.54) is 12.1 Å². The molecule has 2 aromatic carbocycles. The van der Waals surface area contributed by atoms with Crippen molar-refractivity contribution in [3.05, 3.63) is 84.2 Å². The summed E-state index contributed by atoms with van der Waals surface area (Å²) in [5.74, 6) is -0.613. The van der Waals surface area contributed by atoms with Crippen LogP contribution in [0.25, 0.3) is 5.69 Å². The lowest BCUT2D eigenvalue weighted by Crippen LogP contribution is -2.44. The molecule has 0 aliphatic rings. The topological polar surface area (TPSA) is 75.2 Å². The Morgan fingerprint density at radius 3 is 2.11 bits per heavy atom. The van der Waals surface area contributed by atoms with E-state index in [2.05, 4.69) is 10.7 Å². The zero-order valence-corrected chi connectivity index (χ0v) is 14.3. The number of amides is 3. The van der Waals surface area contributed by atoms with Crippen LogP contribution in [0.1, 0.15) is 15.9 Å². The second-order valence-corrected chi connectivity index (χ2v) is 5.71.